The third-order valence-corrected chi connectivity index (χ3v) is 6.24. The largest absolute Gasteiger partial charge is 0.224 e. The standard InChI is InChI=1S/C20H16ClFO2S/c1-25(23,24)15-5-2-13(3-6-15)16-11-20(8-9-20)12-17(16)14-4-7-18(21)19(22)10-14/h2-7,10-12H,8-9H2,1H3. The van der Waals surface area contributed by atoms with Gasteiger partial charge in [-0.3, -0.25) is 0 Å². The van der Waals surface area contributed by atoms with Gasteiger partial charge in [0.2, 0.25) is 0 Å². The van der Waals surface area contributed by atoms with Crippen LogP contribution >= 0.6 is 11.6 Å². The fourth-order valence-corrected chi connectivity index (χ4v) is 3.98. The summed E-state index contributed by atoms with van der Waals surface area (Å²) in [7, 11) is -3.23. The first-order valence-corrected chi connectivity index (χ1v) is 10.3. The lowest BCUT2D eigenvalue weighted by atomic mass is 9.95. The molecule has 128 valence electrons. The minimum absolute atomic E-state index is 0.0658. The SMILES string of the molecule is CS(=O)(=O)c1ccc(C2=CC3(C=C2c2ccc(Cl)c(F)c2)CC3)cc1. The summed E-state index contributed by atoms with van der Waals surface area (Å²) in [5, 5.41) is 0.103. The van der Waals surface area contributed by atoms with E-state index >= 15 is 0 Å². The van der Waals surface area contributed by atoms with Crippen molar-refractivity contribution in [2.45, 2.75) is 17.7 Å². The molecule has 0 aromatic heterocycles. The van der Waals surface area contributed by atoms with Gasteiger partial charge in [0.15, 0.2) is 9.84 Å². The molecule has 1 fully saturated rings. The van der Waals surface area contributed by atoms with Crippen molar-refractivity contribution in [1.82, 2.24) is 0 Å². The van der Waals surface area contributed by atoms with E-state index in [1.165, 1.54) is 12.3 Å². The Morgan fingerprint density at radius 1 is 0.960 bits per heavy atom. The van der Waals surface area contributed by atoms with Gasteiger partial charge in [-0.25, -0.2) is 12.8 Å². The molecule has 5 heteroatoms. The number of benzene rings is 2. The topological polar surface area (TPSA) is 34.1 Å². The number of hydrogen-bond acceptors (Lipinski definition) is 2. The van der Waals surface area contributed by atoms with Gasteiger partial charge in [0.1, 0.15) is 5.82 Å². The maximum atomic E-state index is 13.9. The summed E-state index contributed by atoms with van der Waals surface area (Å²) in [6, 6.07) is 11.7. The molecule has 1 spiro atoms. The van der Waals surface area contributed by atoms with Crippen LogP contribution in [0.2, 0.25) is 5.02 Å². The maximum Gasteiger partial charge on any atom is 0.175 e. The molecule has 0 aliphatic heterocycles. The first kappa shape index (κ1) is 16.6. The summed E-state index contributed by atoms with van der Waals surface area (Å²) in [6.07, 6.45) is 7.76. The van der Waals surface area contributed by atoms with E-state index in [0.29, 0.717) is 4.90 Å². The second-order valence-electron chi connectivity index (χ2n) is 6.77. The average molecular weight is 375 g/mol. The molecule has 2 aliphatic rings. The summed E-state index contributed by atoms with van der Waals surface area (Å²) in [5.74, 6) is -0.441. The highest BCUT2D eigenvalue weighted by Crippen LogP contribution is 2.57. The summed E-state index contributed by atoms with van der Waals surface area (Å²) in [4.78, 5) is 0.291. The van der Waals surface area contributed by atoms with Crippen molar-refractivity contribution in [3.8, 4) is 0 Å². The van der Waals surface area contributed by atoms with Gasteiger partial charge in [0.25, 0.3) is 0 Å². The Morgan fingerprint density at radius 2 is 1.52 bits per heavy atom. The van der Waals surface area contributed by atoms with Crippen LogP contribution in [0.5, 0.6) is 0 Å². The third-order valence-electron chi connectivity index (χ3n) is 4.81. The van der Waals surface area contributed by atoms with E-state index < -0.39 is 15.7 Å². The zero-order chi connectivity index (χ0) is 17.8. The van der Waals surface area contributed by atoms with Crippen LogP contribution < -0.4 is 0 Å². The maximum absolute atomic E-state index is 13.9. The van der Waals surface area contributed by atoms with Crippen LogP contribution in [0.3, 0.4) is 0 Å². The average Bonchev–Trinajstić information content (AvgIpc) is 3.20. The van der Waals surface area contributed by atoms with Crippen LogP contribution in [0.15, 0.2) is 59.5 Å². The van der Waals surface area contributed by atoms with Gasteiger partial charge in [-0.2, -0.15) is 0 Å². The molecule has 2 aliphatic carbocycles. The monoisotopic (exact) mass is 374 g/mol. The Hall–Kier alpha value is -1.91. The van der Waals surface area contributed by atoms with E-state index in [-0.39, 0.29) is 10.4 Å². The van der Waals surface area contributed by atoms with Crippen molar-refractivity contribution in [2.75, 3.05) is 6.26 Å². The lowest BCUT2D eigenvalue weighted by Gasteiger charge is -2.11. The fourth-order valence-electron chi connectivity index (χ4n) is 3.23. The second kappa shape index (κ2) is 5.55. The highest BCUT2D eigenvalue weighted by atomic mass is 35.5. The lowest BCUT2D eigenvalue weighted by molar-refractivity contribution is 0.602. The number of hydrogen-bond donors (Lipinski definition) is 0. The minimum atomic E-state index is -3.23. The molecule has 0 unspecified atom stereocenters. The molecule has 0 bridgehead atoms. The summed E-state index contributed by atoms with van der Waals surface area (Å²) < 4.78 is 37.2. The lowest BCUT2D eigenvalue weighted by Crippen LogP contribution is -1.97. The molecule has 0 N–H and O–H groups in total. The van der Waals surface area contributed by atoms with Crippen LogP contribution in [0, 0.1) is 11.2 Å². The van der Waals surface area contributed by atoms with Gasteiger partial charge < -0.3 is 0 Å². The molecule has 0 saturated heterocycles. The highest BCUT2D eigenvalue weighted by Gasteiger charge is 2.43. The van der Waals surface area contributed by atoms with Crippen LogP contribution in [-0.4, -0.2) is 14.7 Å². The first-order chi connectivity index (χ1) is 11.8. The predicted molar refractivity (Wildman–Crippen MR) is 98.6 cm³/mol. The van der Waals surface area contributed by atoms with E-state index in [2.05, 4.69) is 12.2 Å². The fraction of sp³-hybridized carbons (Fsp3) is 0.200. The molecule has 0 radical (unpaired) electrons. The Balaban J connectivity index is 1.78. The Bertz CT molecular complexity index is 1030. The number of sulfone groups is 1. The first-order valence-electron chi connectivity index (χ1n) is 7.99. The normalized spacial score (nSPS) is 18.2. The quantitative estimate of drug-likeness (QED) is 0.745. The smallest absolute Gasteiger partial charge is 0.175 e. The number of rotatable bonds is 3. The summed E-state index contributed by atoms with van der Waals surface area (Å²) in [6.45, 7) is 0. The Morgan fingerprint density at radius 3 is 2.04 bits per heavy atom. The van der Waals surface area contributed by atoms with Crippen LogP contribution in [0.4, 0.5) is 4.39 Å². The van der Waals surface area contributed by atoms with E-state index in [4.69, 9.17) is 11.6 Å². The number of allylic oxidation sites excluding steroid dienone is 4. The molecule has 2 aromatic carbocycles. The van der Waals surface area contributed by atoms with Gasteiger partial charge in [0, 0.05) is 11.7 Å². The second-order valence-corrected chi connectivity index (χ2v) is 9.20. The predicted octanol–water partition coefficient (Wildman–Crippen LogP) is 5.14. The molecule has 2 nitrogen and oxygen atoms in total. The molecule has 4 rings (SSSR count). The summed E-state index contributed by atoms with van der Waals surface area (Å²) >= 11 is 5.80. The third kappa shape index (κ3) is 3.05. The van der Waals surface area contributed by atoms with Crippen molar-refractivity contribution in [3.63, 3.8) is 0 Å². The van der Waals surface area contributed by atoms with E-state index in [1.807, 2.05) is 18.2 Å². The van der Waals surface area contributed by atoms with Crippen molar-refractivity contribution >= 4 is 32.6 Å². The highest BCUT2D eigenvalue weighted by molar-refractivity contribution is 7.90. The van der Waals surface area contributed by atoms with Crippen molar-refractivity contribution in [3.05, 3.63) is 76.6 Å². The van der Waals surface area contributed by atoms with Gasteiger partial charge >= 0.3 is 0 Å². The summed E-state index contributed by atoms with van der Waals surface area (Å²) in [5.41, 5.74) is 3.76. The van der Waals surface area contributed by atoms with E-state index in [9.17, 15) is 12.8 Å². The zero-order valence-corrected chi connectivity index (χ0v) is 15.2. The zero-order valence-electron chi connectivity index (χ0n) is 13.6. The molecule has 0 atom stereocenters. The van der Waals surface area contributed by atoms with Gasteiger partial charge in [0.05, 0.1) is 9.92 Å². The number of halogens is 2. The van der Waals surface area contributed by atoms with E-state index in [1.54, 1.807) is 18.2 Å². The van der Waals surface area contributed by atoms with Crippen LogP contribution in [0.1, 0.15) is 24.0 Å². The molecule has 1 saturated carbocycles. The van der Waals surface area contributed by atoms with Crippen LogP contribution in [0.25, 0.3) is 11.1 Å². The molecular formula is C20H16ClFO2S. The van der Waals surface area contributed by atoms with Crippen molar-refractivity contribution in [1.29, 1.82) is 0 Å². The molecule has 0 amide bonds. The van der Waals surface area contributed by atoms with Gasteiger partial charge in [-0.1, -0.05) is 42.0 Å². The molecule has 0 heterocycles. The van der Waals surface area contributed by atoms with Crippen LogP contribution in [-0.2, 0) is 9.84 Å². The molecule has 25 heavy (non-hydrogen) atoms. The minimum Gasteiger partial charge on any atom is -0.224 e. The van der Waals surface area contributed by atoms with Gasteiger partial charge in [-0.15, -0.1) is 0 Å². The van der Waals surface area contributed by atoms with E-state index in [0.717, 1.165) is 35.1 Å². The molecule has 2 aromatic rings. The molecular weight excluding hydrogens is 359 g/mol. The van der Waals surface area contributed by atoms with Crippen molar-refractivity contribution < 1.29 is 12.8 Å². The van der Waals surface area contributed by atoms with Gasteiger partial charge in [-0.05, 0) is 59.4 Å². The van der Waals surface area contributed by atoms with Crippen molar-refractivity contribution in [2.24, 2.45) is 5.41 Å². The Kier molecular flexibility index (Phi) is 3.67. The Labute approximate surface area is 151 Å².